The van der Waals surface area contributed by atoms with Crippen molar-refractivity contribution in [3.63, 3.8) is 0 Å². The number of benzene rings is 1. The van der Waals surface area contributed by atoms with Crippen LogP contribution in [0.2, 0.25) is 0 Å². The minimum atomic E-state index is -0.479. The van der Waals surface area contributed by atoms with Crippen LogP contribution in [0.3, 0.4) is 0 Å². The number of ether oxygens (including phenoxy) is 3. The summed E-state index contributed by atoms with van der Waals surface area (Å²) in [5, 5.41) is 0. The maximum absolute atomic E-state index is 12.5. The molecule has 1 aromatic heterocycles. The number of hydrogen-bond acceptors (Lipinski definition) is 5. The molecule has 0 bridgehead atoms. The van der Waals surface area contributed by atoms with Gasteiger partial charge in [-0.15, -0.1) is 0 Å². The van der Waals surface area contributed by atoms with Crippen LogP contribution in [0.4, 0.5) is 0 Å². The van der Waals surface area contributed by atoms with Crippen LogP contribution in [0.15, 0.2) is 35.1 Å². The SMILES string of the molecule is COc1ccc(C(Cn2c(C)cc(=O)cc2C)OC(=O)C2CC2)cc1OCC1CC1. The highest BCUT2D eigenvalue weighted by molar-refractivity contribution is 5.75. The zero-order valence-electron chi connectivity index (χ0n) is 17.8. The molecule has 1 aromatic carbocycles. The fraction of sp³-hybridized carbons (Fsp3) is 0.500. The molecule has 2 aromatic rings. The quantitative estimate of drug-likeness (QED) is 0.585. The lowest BCUT2D eigenvalue weighted by atomic mass is 10.1. The molecule has 6 nitrogen and oxygen atoms in total. The van der Waals surface area contributed by atoms with Crippen molar-refractivity contribution < 1.29 is 19.0 Å². The van der Waals surface area contributed by atoms with Crippen molar-refractivity contribution in [1.29, 1.82) is 0 Å². The minimum Gasteiger partial charge on any atom is -0.493 e. The molecule has 0 N–H and O–H groups in total. The third-order valence-electron chi connectivity index (χ3n) is 5.80. The first-order chi connectivity index (χ1) is 14.4. The molecule has 0 aliphatic heterocycles. The van der Waals surface area contributed by atoms with Gasteiger partial charge in [-0.2, -0.15) is 0 Å². The van der Waals surface area contributed by atoms with Crippen molar-refractivity contribution in [2.75, 3.05) is 13.7 Å². The summed E-state index contributed by atoms with van der Waals surface area (Å²) in [6.45, 7) is 4.90. The van der Waals surface area contributed by atoms with Crippen LogP contribution in [-0.2, 0) is 16.1 Å². The zero-order valence-corrected chi connectivity index (χ0v) is 17.8. The molecule has 0 saturated heterocycles. The van der Waals surface area contributed by atoms with Gasteiger partial charge in [0.2, 0.25) is 0 Å². The van der Waals surface area contributed by atoms with E-state index in [1.54, 1.807) is 19.2 Å². The number of methoxy groups -OCH3 is 1. The monoisotopic (exact) mass is 411 g/mol. The summed E-state index contributed by atoms with van der Waals surface area (Å²) in [5.74, 6) is 1.80. The maximum Gasteiger partial charge on any atom is 0.309 e. The standard InChI is InChI=1S/C24H29NO5/c1-15-10-20(26)11-16(2)25(15)13-23(30-24(27)18-6-7-18)19-8-9-21(28-3)22(12-19)29-14-17-4-5-17/h8-12,17-18,23H,4-7,13-14H2,1-3H3. The van der Waals surface area contributed by atoms with Gasteiger partial charge in [0.15, 0.2) is 16.9 Å². The normalized spacial score (nSPS) is 16.8. The Morgan fingerprint density at radius 2 is 1.77 bits per heavy atom. The van der Waals surface area contributed by atoms with Crippen molar-refractivity contribution in [2.24, 2.45) is 11.8 Å². The summed E-state index contributed by atoms with van der Waals surface area (Å²) in [7, 11) is 1.62. The van der Waals surface area contributed by atoms with Crippen LogP contribution in [0.5, 0.6) is 11.5 Å². The van der Waals surface area contributed by atoms with E-state index in [0.29, 0.717) is 30.6 Å². The van der Waals surface area contributed by atoms with E-state index in [1.165, 1.54) is 12.8 Å². The Morgan fingerprint density at radius 1 is 1.07 bits per heavy atom. The van der Waals surface area contributed by atoms with E-state index < -0.39 is 6.10 Å². The molecule has 2 aliphatic rings. The molecular formula is C24H29NO5. The van der Waals surface area contributed by atoms with Crippen molar-refractivity contribution >= 4 is 5.97 Å². The van der Waals surface area contributed by atoms with Crippen LogP contribution in [0.1, 0.15) is 48.7 Å². The predicted molar refractivity (Wildman–Crippen MR) is 113 cm³/mol. The Kier molecular flexibility index (Phi) is 5.84. The molecular weight excluding hydrogens is 382 g/mol. The molecule has 1 heterocycles. The molecule has 6 heteroatoms. The summed E-state index contributed by atoms with van der Waals surface area (Å²) >= 11 is 0. The second kappa shape index (κ2) is 8.54. The van der Waals surface area contributed by atoms with Crippen molar-refractivity contribution in [3.05, 3.63) is 57.5 Å². The fourth-order valence-electron chi connectivity index (χ4n) is 3.61. The zero-order chi connectivity index (χ0) is 21.3. The highest BCUT2D eigenvalue weighted by Crippen LogP contribution is 2.37. The smallest absolute Gasteiger partial charge is 0.309 e. The van der Waals surface area contributed by atoms with E-state index in [-0.39, 0.29) is 17.3 Å². The summed E-state index contributed by atoms with van der Waals surface area (Å²) in [6, 6.07) is 8.90. The van der Waals surface area contributed by atoms with Gasteiger partial charge in [0.25, 0.3) is 0 Å². The molecule has 30 heavy (non-hydrogen) atoms. The van der Waals surface area contributed by atoms with Crippen LogP contribution >= 0.6 is 0 Å². The summed E-state index contributed by atoms with van der Waals surface area (Å²) < 4.78 is 19.4. The highest BCUT2D eigenvalue weighted by Gasteiger charge is 2.34. The van der Waals surface area contributed by atoms with Crippen molar-refractivity contribution in [2.45, 2.75) is 52.2 Å². The lowest BCUT2D eigenvalue weighted by molar-refractivity contribution is -0.151. The van der Waals surface area contributed by atoms with Crippen LogP contribution in [0.25, 0.3) is 0 Å². The first-order valence-electron chi connectivity index (χ1n) is 10.6. The summed E-state index contributed by atoms with van der Waals surface area (Å²) in [4.78, 5) is 24.3. The number of carbonyl (C=O) groups excluding carboxylic acids is 1. The fourth-order valence-corrected chi connectivity index (χ4v) is 3.61. The van der Waals surface area contributed by atoms with Gasteiger partial charge < -0.3 is 18.8 Å². The van der Waals surface area contributed by atoms with E-state index in [1.807, 2.05) is 36.6 Å². The van der Waals surface area contributed by atoms with E-state index >= 15 is 0 Å². The lowest BCUT2D eigenvalue weighted by Crippen LogP contribution is -2.22. The number of aromatic nitrogens is 1. The Labute approximate surface area is 176 Å². The summed E-state index contributed by atoms with van der Waals surface area (Å²) in [5.41, 5.74) is 2.51. The minimum absolute atomic E-state index is 0.00699. The molecule has 1 atom stereocenters. The molecule has 4 rings (SSSR count). The summed E-state index contributed by atoms with van der Waals surface area (Å²) in [6.07, 6.45) is 3.70. The van der Waals surface area contributed by atoms with E-state index in [2.05, 4.69) is 0 Å². The number of pyridine rings is 1. The second-order valence-electron chi connectivity index (χ2n) is 8.45. The predicted octanol–water partition coefficient (Wildman–Crippen LogP) is 3.96. The average molecular weight is 411 g/mol. The number of esters is 1. The number of hydrogen-bond donors (Lipinski definition) is 0. The Hall–Kier alpha value is -2.76. The van der Waals surface area contributed by atoms with Crippen LogP contribution in [-0.4, -0.2) is 24.3 Å². The number of carbonyl (C=O) groups is 1. The molecule has 160 valence electrons. The maximum atomic E-state index is 12.5. The van der Waals surface area contributed by atoms with E-state index in [0.717, 1.165) is 29.8 Å². The number of rotatable bonds is 9. The van der Waals surface area contributed by atoms with Crippen LogP contribution < -0.4 is 14.9 Å². The molecule has 0 radical (unpaired) electrons. The van der Waals surface area contributed by atoms with Gasteiger partial charge in [-0.05, 0) is 63.1 Å². The molecule has 0 amide bonds. The van der Waals surface area contributed by atoms with E-state index in [4.69, 9.17) is 14.2 Å². The second-order valence-corrected chi connectivity index (χ2v) is 8.45. The Bertz CT molecular complexity index is 961. The number of aryl methyl sites for hydroxylation is 2. The molecule has 2 aliphatic carbocycles. The van der Waals surface area contributed by atoms with Crippen molar-refractivity contribution in [3.8, 4) is 11.5 Å². The third-order valence-corrected chi connectivity index (χ3v) is 5.80. The molecule has 0 spiro atoms. The lowest BCUT2D eigenvalue weighted by Gasteiger charge is -2.24. The molecule has 2 saturated carbocycles. The largest absolute Gasteiger partial charge is 0.493 e. The number of nitrogens with zero attached hydrogens (tertiary/aromatic N) is 1. The first-order valence-corrected chi connectivity index (χ1v) is 10.6. The Balaban J connectivity index is 1.64. The van der Waals surface area contributed by atoms with Crippen LogP contribution in [0, 0.1) is 25.7 Å². The van der Waals surface area contributed by atoms with Gasteiger partial charge in [-0.3, -0.25) is 9.59 Å². The van der Waals surface area contributed by atoms with Gasteiger partial charge >= 0.3 is 5.97 Å². The molecule has 2 fully saturated rings. The topological polar surface area (TPSA) is 66.8 Å². The van der Waals surface area contributed by atoms with Gasteiger partial charge in [0.05, 0.1) is 26.2 Å². The van der Waals surface area contributed by atoms with E-state index in [9.17, 15) is 9.59 Å². The average Bonchev–Trinajstić information content (AvgIpc) is 3.61. The van der Waals surface area contributed by atoms with Gasteiger partial charge in [-0.1, -0.05) is 6.07 Å². The van der Waals surface area contributed by atoms with Gasteiger partial charge in [0.1, 0.15) is 6.10 Å². The van der Waals surface area contributed by atoms with Gasteiger partial charge in [0, 0.05) is 23.5 Å². The third kappa shape index (κ3) is 4.86. The first kappa shape index (κ1) is 20.5. The van der Waals surface area contributed by atoms with Crippen molar-refractivity contribution in [1.82, 2.24) is 4.57 Å². The van der Waals surface area contributed by atoms with Gasteiger partial charge in [-0.25, -0.2) is 0 Å². The Morgan fingerprint density at radius 3 is 2.37 bits per heavy atom. The highest BCUT2D eigenvalue weighted by atomic mass is 16.5. The molecule has 1 unspecified atom stereocenters.